The largest absolute Gasteiger partial charge is 0.446 e. The number of rotatable bonds is 3. The van der Waals surface area contributed by atoms with E-state index in [0.717, 1.165) is 19.1 Å². The van der Waals surface area contributed by atoms with Crippen LogP contribution < -0.4 is 0 Å². The molecule has 112 valence electrons. The zero-order valence-electron chi connectivity index (χ0n) is 9.77. The molecule has 0 saturated carbocycles. The Labute approximate surface area is 122 Å². The number of Topliss-reactive ketones (excluding diaryl/α,β-unsaturated/α-hetero) is 1. The second-order valence-corrected chi connectivity index (χ2v) is 5.82. The highest BCUT2D eigenvalue weighted by Crippen LogP contribution is 2.42. The maximum Gasteiger partial charge on any atom is 0.446 e. The molecular weight excluding hydrogens is 374 g/mol. The van der Waals surface area contributed by atoms with E-state index >= 15 is 0 Å². The number of hydrogen-bond acceptors (Lipinski definition) is 2. The number of carbonyl (C=O) groups is 1. The Bertz CT molecular complexity index is 511. The van der Waals surface area contributed by atoms with Gasteiger partial charge >= 0.3 is 11.7 Å². The minimum Gasteiger partial charge on any atom is -0.298 e. The SMILES string of the molecule is CC(=O)C(Br)c1cc(SC(F)(F)F)ccc1C(F)(F)F. The summed E-state index contributed by atoms with van der Waals surface area (Å²) in [5.74, 6) is -0.635. The number of benzene rings is 1. The number of alkyl halides is 7. The van der Waals surface area contributed by atoms with E-state index in [-0.39, 0.29) is 0 Å². The zero-order valence-corrected chi connectivity index (χ0v) is 12.2. The van der Waals surface area contributed by atoms with Gasteiger partial charge in [-0.1, -0.05) is 15.9 Å². The lowest BCUT2D eigenvalue weighted by Gasteiger charge is -2.17. The normalized spacial score (nSPS) is 14.2. The quantitative estimate of drug-likeness (QED) is 0.399. The van der Waals surface area contributed by atoms with E-state index in [1.165, 1.54) is 0 Å². The van der Waals surface area contributed by atoms with Crippen molar-refractivity contribution in [3.05, 3.63) is 29.3 Å². The van der Waals surface area contributed by atoms with Crippen LogP contribution in [0.3, 0.4) is 0 Å². The van der Waals surface area contributed by atoms with Gasteiger partial charge in [0.05, 0.1) is 10.4 Å². The van der Waals surface area contributed by atoms with Crippen molar-refractivity contribution in [2.45, 2.75) is 28.3 Å². The van der Waals surface area contributed by atoms with Gasteiger partial charge in [-0.3, -0.25) is 4.79 Å². The molecule has 0 aliphatic carbocycles. The molecule has 0 saturated heterocycles. The van der Waals surface area contributed by atoms with Crippen LogP contribution in [0.15, 0.2) is 23.1 Å². The molecule has 1 aromatic rings. The summed E-state index contributed by atoms with van der Waals surface area (Å²) in [4.78, 5) is 9.45. The highest BCUT2D eigenvalue weighted by Gasteiger charge is 2.37. The van der Waals surface area contributed by atoms with Crippen LogP contribution in [-0.4, -0.2) is 11.3 Å². The number of ketones is 1. The monoisotopic (exact) mass is 380 g/mol. The van der Waals surface area contributed by atoms with Crippen molar-refractivity contribution in [1.29, 1.82) is 0 Å². The zero-order chi connectivity index (χ0) is 15.7. The second kappa shape index (κ2) is 5.97. The Morgan fingerprint density at radius 1 is 1.20 bits per heavy atom. The van der Waals surface area contributed by atoms with Gasteiger partial charge in [0.1, 0.15) is 5.78 Å². The van der Waals surface area contributed by atoms with Crippen molar-refractivity contribution < 1.29 is 31.1 Å². The van der Waals surface area contributed by atoms with Crippen molar-refractivity contribution in [2.24, 2.45) is 0 Å². The average Bonchev–Trinajstić information content (AvgIpc) is 2.23. The van der Waals surface area contributed by atoms with Gasteiger partial charge in [-0.2, -0.15) is 26.3 Å². The summed E-state index contributed by atoms with van der Waals surface area (Å²) >= 11 is 2.23. The van der Waals surface area contributed by atoms with Gasteiger partial charge in [-0.25, -0.2) is 0 Å². The van der Waals surface area contributed by atoms with E-state index in [2.05, 4.69) is 15.9 Å². The third-order valence-electron chi connectivity index (χ3n) is 2.19. The Balaban J connectivity index is 3.33. The average molecular weight is 381 g/mol. The third-order valence-corrected chi connectivity index (χ3v) is 4.05. The Morgan fingerprint density at radius 2 is 1.75 bits per heavy atom. The molecule has 0 N–H and O–H groups in total. The van der Waals surface area contributed by atoms with E-state index in [1.807, 2.05) is 0 Å². The molecule has 0 spiro atoms. The molecule has 1 nitrogen and oxygen atoms in total. The molecule has 1 rings (SSSR count). The summed E-state index contributed by atoms with van der Waals surface area (Å²) < 4.78 is 75.0. The van der Waals surface area contributed by atoms with Crippen molar-refractivity contribution in [3.63, 3.8) is 0 Å². The maximum absolute atomic E-state index is 12.8. The summed E-state index contributed by atoms with van der Waals surface area (Å²) in [6.45, 7) is 1.04. The molecule has 1 aromatic carbocycles. The lowest BCUT2D eigenvalue weighted by Crippen LogP contribution is -2.13. The Kier molecular flexibility index (Phi) is 5.18. The van der Waals surface area contributed by atoms with Crippen molar-refractivity contribution in [1.82, 2.24) is 0 Å². The molecule has 0 heterocycles. The lowest BCUT2D eigenvalue weighted by atomic mass is 10.0. The molecular formula is C11H7BrF6OS. The Morgan fingerprint density at radius 3 is 2.15 bits per heavy atom. The second-order valence-electron chi connectivity index (χ2n) is 3.77. The van der Waals surface area contributed by atoms with Crippen LogP contribution in [0, 0.1) is 0 Å². The standard InChI is InChI=1S/C11H7BrF6OS/c1-5(19)9(12)7-4-6(20-11(16,17)18)2-3-8(7)10(13,14)15/h2-4,9H,1H3. The summed E-state index contributed by atoms with van der Waals surface area (Å²) in [6.07, 6.45) is -4.75. The van der Waals surface area contributed by atoms with Crippen molar-refractivity contribution >= 4 is 33.5 Å². The van der Waals surface area contributed by atoms with Crippen molar-refractivity contribution in [3.8, 4) is 0 Å². The number of thioether (sulfide) groups is 1. The van der Waals surface area contributed by atoms with Gasteiger partial charge in [0.25, 0.3) is 0 Å². The first kappa shape index (κ1) is 17.4. The molecule has 0 fully saturated rings. The molecule has 0 aliphatic heterocycles. The van der Waals surface area contributed by atoms with E-state index < -0.39 is 50.1 Å². The van der Waals surface area contributed by atoms with Crippen LogP contribution in [0.25, 0.3) is 0 Å². The van der Waals surface area contributed by atoms with E-state index in [9.17, 15) is 31.1 Å². The van der Waals surface area contributed by atoms with Gasteiger partial charge in [0, 0.05) is 4.90 Å². The first-order chi connectivity index (χ1) is 8.92. The van der Waals surface area contributed by atoms with Crippen LogP contribution in [0.4, 0.5) is 26.3 Å². The van der Waals surface area contributed by atoms with Crippen LogP contribution in [0.5, 0.6) is 0 Å². The smallest absolute Gasteiger partial charge is 0.298 e. The highest BCUT2D eigenvalue weighted by atomic mass is 79.9. The van der Waals surface area contributed by atoms with Crippen LogP contribution >= 0.6 is 27.7 Å². The molecule has 1 unspecified atom stereocenters. The molecule has 0 aliphatic rings. The molecule has 20 heavy (non-hydrogen) atoms. The summed E-state index contributed by atoms with van der Waals surface area (Å²) in [5.41, 5.74) is -6.28. The van der Waals surface area contributed by atoms with Gasteiger partial charge in [-0.05, 0) is 42.4 Å². The summed E-state index contributed by atoms with van der Waals surface area (Å²) in [6, 6.07) is 1.99. The fourth-order valence-corrected chi connectivity index (χ4v) is 2.39. The predicted molar refractivity (Wildman–Crippen MR) is 65.7 cm³/mol. The molecule has 0 amide bonds. The topological polar surface area (TPSA) is 17.1 Å². The summed E-state index contributed by atoms with van der Waals surface area (Å²) in [7, 11) is 0. The molecule has 1 atom stereocenters. The molecule has 0 aromatic heterocycles. The fourth-order valence-electron chi connectivity index (χ4n) is 1.42. The first-order valence-corrected chi connectivity index (χ1v) is 6.76. The minimum atomic E-state index is -4.75. The van der Waals surface area contributed by atoms with E-state index in [0.29, 0.717) is 6.07 Å². The fraction of sp³-hybridized carbons (Fsp3) is 0.364. The molecule has 0 bridgehead atoms. The number of hydrogen-bond donors (Lipinski definition) is 0. The van der Waals surface area contributed by atoms with Crippen molar-refractivity contribution in [2.75, 3.05) is 0 Å². The molecule has 0 radical (unpaired) electrons. The third kappa shape index (κ3) is 4.69. The van der Waals surface area contributed by atoms with E-state index in [1.54, 1.807) is 0 Å². The predicted octanol–water partition coefficient (Wildman–Crippen LogP) is 5.34. The minimum absolute atomic E-state index is 0.411. The van der Waals surface area contributed by atoms with E-state index in [4.69, 9.17) is 0 Å². The Hall–Kier alpha value is -0.700. The van der Waals surface area contributed by atoms with Gasteiger partial charge in [-0.15, -0.1) is 0 Å². The first-order valence-electron chi connectivity index (χ1n) is 5.03. The highest BCUT2D eigenvalue weighted by molar-refractivity contribution is 9.09. The number of carbonyl (C=O) groups excluding carboxylic acids is 1. The van der Waals surface area contributed by atoms with Gasteiger partial charge in [0.2, 0.25) is 0 Å². The maximum atomic E-state index is 12.8. The van der Waals surface area contributed by atoms with Crippen LogP contribution in [0.1, 0.15) is 22.9 Å². The van der Waals surface area contributed by atoms with Gasteiger partial charge < -0.3 is 0 Å². The molecule has 9 heteroatoms. The van der Waals surface area contributed by atoms with Crippen LogP contribution in [0.2, 0.25) is 0 Å². The van der Waals surface area contributed by atoms with Gasteiger partial charge in [0.15, 0.2) is 0 Å². The lowest BCUT2D eigenvalue weighted by molar-refractivity contribution is -0.138. The van der Waals surface area contributed by atoms with Crippen LogP contribution in [-0.2, 0) is 11.0 Å². The summed E-state index contributed by atoms with van der Waals surface area (Å²) in [5, 5.41) is 0. The number of halogens is 7.